The fourth-order valence-electron chi connectivity index (χ4n) is 2.60. The lowest BCUT2D eigenvalue weighted by Crippen LogP contribution is -2.18. The number of nitrogens with zero attached hydrogens (tertiary/aromatic N) is 1. The zero-order valence-corrected chi connectivity index (χ0v) is 12.7. The summed E-state index contributed by atoms with van der Waals surface area (Å²) in [5, 5.41) is 0. The highest BCUT2D eigenvalue weighted by molar-refractivity contribution is 5.54. The van der Waals surface area contributed by atoms with Crippen molar-refractivity contribution in [1.82, 2.24) is 0 Å². The molecule has 0 spiro atoms. The van der Waals surface area contributed by atoms with E-state index in [-0.39, 0.29) is 0 Å². The van der Waals surface area contributed by atoms with Gasteiger partial charge in [0.25, 0.3) is 0 Å². The molecule has 0 aliphatic heterocycles. The van der Waals surface area contributed by atoms with Crippen molar-refractivity contribution in [2.45, 2.75) is 26.8 Å². The van der Waals surface area contributed by atoms with Crippen LogP contribution >= 0.6 is 0 Å². The van der Waals surface area contributed by atoms with Crippen LogP contribution in [0.15, 0.2) is 42.5 Å². The van der Waals surface area contributed by atoms with E-state index >= 15 is 0 Å². The zero-order chi connectivity index (χ0) is 14.5. The maximum Gasteiger partial charge on any atom is 0.0428 e. The van der Waals surface area contributed by atoms with E-state index in [0.29, 0.717) is 6.54 Å². The van der Waals surface area contributed by atoms with Crippen LogP contribution in [0.4, 0.5) is 5.69 Å². The predicted molar refractivity (Wildman–Crippen MR) is 87.2 cm³/mol. The van der Waals surface area contributed by atoms with Crippen molar-refractivity contribution in [2.24, 2.45) is 5.73 Å². The highest BCUT2D eigenvalue weighted by atomic mass is 15.1. The first-order chi connectivity index (χ1) is 9.61. The first-order valence-corrected chi connectivity index (χ1v) is 7.17. The first kappa shape index (κ1) is 14.6. The summed E-state index contributed by atoms with van der Waals surface area (Å²) in [5.41, 5.74) is 12.3. The van der Waals surface area contributed by atoms with Crippen LogP contribution in [0.25, 0.3) is 0 Å². The molecular formula is C18H24N2. The van der Waals surface area contributed by atoms with Gasteiger partial charge in [-0.2, -0.15) is 0 Å². The van der Waals surface area contributed by atoms with Crippen LogP contribution in [-0.2, 0) is 13.0 Å². The van der Waals surface area contributed by atoms with Crippen LogP contribution in [-0.4, -0.2) is 13.6 Å². The molecule has 2 heteroatoms. The Morgan fingerprint density at radius 1 is 1.00 bits per heavy atom. The number of hydrogen-bond donors (Lipinski definition) is 1. The molecule has 0 amide bonds. The maximum atomic E-state index is 5.62. The Kier molecular flexibility index (Phi) is 4.80. The SMILES string of the molecule is Cc1ccccc1CN(C)c1ccc(CCN)cc1C. The van der Waals surface area contributed by atoms with E-state index in [1.165, 1.54) is 27.9 Å². The average molecular weight is 268 g/mol. The highest BCUT2D eigenvalue weighted by Gasteiger charge is 2.07. The van der Waals surface area contributed by atoms with Gasteiger partial charge in [0, 0.05) is 19.3 Å². The summed E-state index contributed by atoms with van der Waals surface area (Å²) in [6, 6.07) is 15.2. The molecule has 0 saturated carbocycles. The van der Waals surface area contributed by atoms with Crippen LogP contribution < -0.4 is 10.6 Å². The van der Waals surface area contributed by atoms with Crippen LogP contribution in [0.1, 0.15) is 22.3 Å². The number of benzene rings is 2. The summed E-state index contributed by atoms with van der Waals surface area (Å²) in [6.07, 6.45) is 0.947. The predicted octanol–water partition coefficient (Wildman–Crippen LogP) is 3.44. The average Bonchev–Trinajstić information content (AvgIpc) is 2.42. The van der Waals surface area contributed by atoms with E-state index < -0.39 is 0 Å². The second kappa shape index (κ2) is 6.58. The summed E-state index contributed by atoms with van der Waals surface area (Å²) >= 11 is 0. The van der Waals surface area contributed by atoms with E-state index in [1.807, 2.05) is 0 Å². The minimum Gasteiger partial charge on any atom is -0.370 e. The molecule has 2 aromatic carbocycles. The molecule has 0 aliphatic rings. The summed E-state index contributed by atoms with van der Waals surface area (Å²) in [7, 11) is 2.15. The zero-order valence-electron chi connectivity index (χ0n) is 12.7. The monoisotopic (exact) mass is 268 g/mol. The minimum atomic E-state index is 0.706. The lowest BCUT2D eigenvalue weighted by molar-refractivity contribution is 0.905. The Hall–Kier alpha value is -1.80. The van der Waals surface area contributed by atoms with Crippen molar-refractivity contribution in [3.05, 3.63) is 64.7 Å². The molecule has 2 rings (SSSR count). The van der Waals surface area contributed by atoms with Gasteiger partial charge in [-0.15, -0.1) is 0 Å². The molecule has 0 saturated heterocycles. The topological polar surface area (TPSA) is 29.3 Å². The Balaban J connectivity index is 2.17. The first-order valence-electron chi connectivity index (χ1n) is 7.17. The van der Waals surface area contributed by atoms with Crippen molar-refractivity contribution in [1.29, 1.82) is 0 Å². The molecule has 0 heterocycles. The lowest BCUT2D eigenvalue weighted by Gasteiger charge is -2.23. The molecule has 0 fully saturated rings. The molecule has 0 unspecified atom stereocenters. The van der Waals surface area contributed by atoms with Crippen molar-refractivity contribution in [3.63, 3.8) is 0 Å². The number of aryl methyl sites for hydroxylation is 2. The molecule has 0 radical (unpaired) electrons. The van der Waals surface area contributed by atoms with Crippen molar-refractivity contribution < 1.29 is 0 Å². The Morgan fingerprint density at radius 2 is 1.75 bits per heavy atom. The summed E-state index contributed by atoms with van der Waals surface area (Å²) in [4.78, 5) is 2.31. The van der Waals surface area contributed by atoms with E-state index in [9.17, 15) is 0 Å². The standard InChI is InChI=1S/C18H24N2/c1-14-6-4-5-7-17(14)13-20(3)18-9-8-16(10-11-19)12-15(18)2/h4-9,12H,10-11,13,19H2,1-3H3. The van der Waals surface area contributed by atoms with Gasteiger partial charge in [0.1, 0.15) is 0 Å². The Bertz CT molecular complexity index is 575. The van der Waals surface area contributed by atoms with Crippen LogP contribution in [0.5, 0.6) is 0 Å². The smallest absolute Gasteiger partial charge is 0.0428 e. The molecular weight excluding hydrogens is 244 g/mol. The Morgan fingerprint density at radius 3 is 2.40 bits per heavy atom. The van der Waals surface area contributed by atoms with Crippen LogP contribution in [0, 0.1) is 13.8 Å². The van der Waals surface area contributed by atoms with E-state index in [4.69, 9.17) is 5.73 Å². The third-order valence-electron chi connectivity index (χ3n) is 3.77. The van der Waals surface area contributed by atoms with Gasteiger partial charge in [-0.1, -0.05) is 36.4 Å². The molecule has 20 heavy (non-hydrogen) atoms. The summed E-state index contributed by atoms with van der Waals surface area (Å²) < 4.78 is 0. The molecule has 106 valence electrons. The number of anilines is 1. The van der Waals surface area contributed by atoms with Gasteiger partial charge < -0.3 is 10.6 Å². The molecule has 0 aromatic heterocycles. The molecule has 2 nitrogen and oxygen atoms in total. The quantitative estimate of drug-likeness (QED) is 0.900. The molecule has 0 aliphatic carbocycles. The van der Waals surface area contributed by atoms with Gasteiger partial charge in [-0.3, -0.25) is 0 Å². The summed E-state index contributed by atoms with van der Waals surface area (Å²) in [6.45, 7) is 5.98. The third-order valence-corrected chi connectivity index (χ3v) is 3.77. The van der Waals surface area contributed by atoms with Crippen molar-refractivity contribution >= 4 is 5.69 Å². The van der Waals surface area contributed by atoms with Crippen molar-refractivity contribution in [3.8, 4) is 0 Å². The van der Waals surface area contributed by atoms with Gasteiger partial charge in [0.2, 0.25) is 0 Å². The molecule has 0 bridgehead atoms. The normalized spacial score (nSPS) is 10.6. The van der Waals surface area contributed by atoms with E-state index in [1.54, 1.807) is 0 Å². The second-order valence-electron chi connectivity index (χ2n) is 5.44. The third kappa shape index (κ3) is 3.40. The molecule has 0 atom stereocenters. The van der Waals surface area contributed by atoms with E-state index in [0.717, 1.165) is 13.0 Å². The summed E-state index contributed by atoms with van der Waals surface area (Å²) in [5.74, 6) is 0. The maximum absolute atomic E-state index is 5.62. The van der Waals surface area contributed by atoms with Gasteiger partial charge in [-0.25, -0.2) is 0 Å². The molecule has 2 aromatic rings. The minimum absolute atomic E-state index is 0.706. The van der Waals surface area contributed by atoms with Gasteiger partial charge in [0.15, 0.2) is 0 Å². The number of rotatable bonds is 5. The van der Waals surface area contributed by atoms with Crippen LogP contribution in [0.2, 0.25) is 0 Å². The second-order valence-corrected chi connectivity index (χ2v) is 5.44. The number of hydrogen-bond acceptors (Lipinski definition) is 2. The van der Waals surface area contributed by atoms with Gasteiger partial charge in [0.05, 0.1) is 0 Å². The fourth-order valence-corrected chi connectivity index (χ4v) is 2.60. The van der Waals surface area contributed by atoms with E-state index in [2.05, 4.69) is 68.3 Å². The largest absolute Gasteiger partial charge is 0.370 e. The Labute approximate surface area is 122 Å². The van der Waals surface area contributed by atoms with Crippen LogP contribution in [0.3, 0.4) is 0 Å². The van der Waals surface area contributed by atoms with Crippen molar-refractivity contribution in [2.75, 3.05) is 18.5 Å². The fraction of sp³-hybridized carbons (Fsp3) is 0.333. The van der Waals surface area contributed by atoms with Gasteiger partial charge in [-0.05, 0) is 55.1 Å². The highest BCUT2D eigenvalue weighted by Crippen LogP contribution is 2.22. The molecule has 2 N–H and O–H groups in total. The lowest BCUT2D eigenvalue weighted by atomic mass is 10.0. The van der Waals surface area contributed by atoms with Gasteiger partial charge >= 0.3 is 0 Å². The number of nitrogens with two attached hydrogens (primary N) is 1.